The van der Waals surface area contributed by atoms with Gasteiger partial charge in [-0.2, -0.15) is 0 Å². The van der Waals surface area contributed by atoms with Crippen molar-refractivity contribution in [2.24, 2.45) is 0 Å². The first-order valence-corrected chi connectivity index (χ1v) is 7.72. The van der Waals surface area contributed by atoms with Crippen LogP contribution in [0.3, 0.4) is 0 Å². The van der Waals surface area contributed by atoms with Crippen molar-refractivity contribution in [3.05, 3.63) is 29.8 Å². The van der Waals surface area contributed by atoms with Crippen LogP contribution in [0.2, 0.25) is 0 Å². The smallest absolute Gasteiger partial charge is 0.319 e. The van der Waals surface area contributed by atoms with Gasteiger partial charge in [-0.15, -0.1) is 0 Å². The molecule has 2 rings (SSSR count). The molecule has 0 bridgehead atoms. The second kappa shape index (κ2) is 7.54. The number of likely N-dealkylation sites (tertiary alicyclic amines) is 1. The van der Waals surface area contributed by atoms with Crippen LogP contribution in [0.4, 0.5) is 19.3 Å². The zero-order valence-corrected chi connectivity index (χ0v) is 13.0. The minimum absolute atomic E-state index is 0.106. The van der Waals surface area contributed by atoms with Gasteiger partial charge in [-0.1, -0.05) is 6.42 Å². The summed E-state index contributed by atoms with van der Waals surface area (Å²) in [5, 5.41) is 5.20. The Kier molecular flexibility index (Phi) is 5.71. The maximum atomic E-state index is 13.1. The van der Waals surface area contributed by atoms with Crippen molar-refractivity contribution < 1.29 is 13.6 Å². The summed E-state index contributed by atoms with van der Waals surface area (Å²) in [6.07, 6.45) is 3.62. The maximum Gasteiger partial charge on any atom is 0.319 e. The SMILES string of the molecule is C[C@@H]1CCCCN1[C@H](C)CNC(=O)Nc1cc(F)cc(F)c1. The van der Waals surface area contributed by atoms with Crippen LogP contribution < -0.4 is 10.6 Å². The van der Waals surface area contributed by atoms with Gasteiger partial charge in [0, 0.05) is 30.4 Å². The first-order valence-electron chi connectivity index (χ1n) is 7.72. The highest BCUT2D eigenvalue weighted by Gasteiger charge is 2.23. The van der Waals surface area contributed by atoms with E-state index in [1.807, 2.05) is 0 Å². The minimum Gasteiger partial charge on any atom is -0.336 e. The number of rotatable bonds is 4. The number of carbonyl (C=O) groups excluding carboxylic acids is 1. The molecule has 0 saturated carbocycles. The number of piperidine rings is 1. The zero-order chi connectivity index (χ0) is 16.1. The van der Waals surface area contributed by atoms with Crippen LogP contribution >= 0.6 is 0 Å². The summed E-state index contributed by atoms with van der Waals surface area (Å²) in [5.74, 6) is -1.43. The van der Waals surface area contributed by atoms with E-state index in [0.717, 1.165) is 24.7 Å². The van der Waals surface area contributed by atoms with Crippen LogP contribution in [-0.4, -0.2) is 36.1 Å². The second-order valence-corrected chi connectivity index (χ2v) is 5.92. The molecule has 122 valence electrons. The molecule has 1 heterocycles. The van der Waals surface area contributed by atoms with Gasteiger partial charge < -0.3 is 10.6 Å². The first-order chi connectivity index (χ1) is 10.5. The zero-order valence-electron chi connectivity index (χ0n) is 13.0. The van der Waals surface area contributed by atoms with E-state index in [1.165, 1.54) is 19.3 Å². The lowest BCUT2D eigenvalue weighted by molar-refractivity contribution is 0.114. The highest BCUT2D eigenvalue weighted by molar-refractivity contribution is 5.89. The van der Waals surface area contributed by atoms with E-state index in [-0.39, 0.29) is 11.7 Å². The highest BCUT2D eigenvalue weighted by atomic mass is 19.1. The van der Waals surface area contributed by atoms with E-state index < -0.39 is 17.7 Å². The fourth-order valence-electron chi connectivity index (χ4n) is 2.93. The van der Waals surface area contributed by atoms with Crippen molar-refractivity contribution in [3.63, 3.8) is 0 Å². The molecule has 2 atom stereocenters. The largest absolute Gasteiger partial charge is 0.336 e. The Balaban J connectivity index is 1.81. The van der Waals surface area contributed by atoms with Crippen LogP contribution in [-0.2, 0) is 0 Å². The predicted octanol–water partition coefficient (Wildman–Crippen LogP) is 3.35. The Hall–Kier alpha value is -1.69. The summed E-state index contributed by atoms with van der Waals surface area (Å²) in [4.78, 5) is 14.2. The van der Waals surface area contributed by atoms with Gasteiger partial charge in [-0.3, -0.25) is 4.90 Å². The summed E-state index contributed by atoms with van der Waals surface area (Å²) >= 11 is 0. The third kappa shape index (κ3) is 4.66. The third-order valence-corrected chi connectivity index (χ3v) is 4.10. The van der Waals surface area contributed by atoms with Crippen molar-refractivity contribution in [2.75, 3.05) is 18.4 Å². The standard InChI is InChI=1S/C16H23F2N3O/c1-11-5-3-4-6-21(11)12(2)10-19-16(22)20-15-8-13(17)7-14(18)9-15/h7-9,11-12H,3-6,10H2,1-2H3,(H2,19,20,22)/t11-,12-/m1/s1. The van der Waals surface area contributed by atoms with Crippen molar-refractivity contribution in [1.29, 1.82) is 0 Å². The summed E-state index contributed by atoms with van der Waals surface area (Å²) in [6, 6.07) is 3.22. The molecule has 1 aromatic carbocycles. The molecule has 2 amide bonds. The molecular weight excluding hydrogens is 288 g/mol. The Morgan fingerprint density at radius 2 is 2.00 bits per heavy atom. The van der Waals surface area contributed by atoms with Crippen molar-refractivity contribution >= 4 is 11.7 Å². The number of benzene rings is 1. The number of halogens is 2. The molecule has 1 aliphatic heterocycles. The normalized spacial score (nSPS) is 20.5. The van der Waals surface area contributed by atoms with E-state index in [9.17, 15) is 13.6 Å². The average Bonchev–Trinajstić information content (AvgIpc) is 2.44. The molecule has 0 unspecified atom stereocenters. The van der Waals surface area contributed by atoms with Gasteiger partial charge in [-0.25, -0.2) is 13.6 Å². The molecule has 6 heteroatoms. The summed E-state index contributed by atoms with van der Waals surface area (Å²) in [5.41, 5.74) is 0.106. The van der Waals surface area contributed by atoms with Crippen LogP contribution in [0.25, 0.3) is 0 Å². The van der Waals surface area contributed by atoms with Crippen LogP contribution in [0.15, 0.2) is 18.2 Å². The Morgan fingerprint density at radius 3 is 2.64 bits per heavy atom. The van der Waals surface area contributed by atoms with Gasteiger partial charge in [0.15, 0.2) is 0 Å². The number of hydrogen-bond acceptors (Lipinski definition) is 2. The predicted molar refractivity (Wildman–Crippen MR) is 82.9 cm³/mol. The fourth-order valence-corrected chi connectivity index (χ4v) is 2.93. The number of nitrogens with one attached hydrogen (secondary N) is 2. The van der Waals surface area contributed by atoms with Crippen LogP contribution in [0.1, 0.15) is 33.1 Å². The Labute approximate surface area is 129 Å². The van der Waals surface area contributed by atoms with Gasteiger partial charge in [0.25, 0.3) is 0 Å². The lowest BCUT2D eigenvalue weighted by Crippen LogP contribution is -2.49. The van der Waals surface area contributed by atoms with E-state index in [1.54, 1.807) is 0 Å². The number of urea groups is 1. The number of anilines is 1. The fraction of sp³-hybridized carbons (Fsp3) is 0.562. The summed E-state index contributed by atoms with van der Waals surface area (Å²) in [6.45, 7) is 5.81. The van der Waals surface area contributed by atoms with E-state index in [2.05, 4.69) is 29.4 Å². The van der Waals surface area contributed by atoms with Gasteiger partial charge >= 0.3 is 6.03 Å². The number of nitrogens with zero attached hydrogens (tertiary/aromatic N) is 1. The molecule has 1 aromatic rings. The first kappa shape index (κ1) is 16.7. The molecule has 0 aromatic heterocycles. The van der Waals surface area contributed by atoms with E-state index >= 15 is 0 Å². The van der Waals surface area contributed by atoms with Crippen molar-refractivity contribution in [1.82, 2.24) is 10.2 Å². The third-order valence-electron chi connectivity index (χ3n) is 4.10. The molecule has 4 nitrogen and oxygen atoms in total. The number of amides is 2. The summed E-state index contributed by atoms with van der Waals surface area (Å²) in [7, 11) is 0. The highest BCUT2D eigenvalue weighted by Crippen LogP contribution is 2.18. The van der Waals surface area contributed by atoms with Crippen LogP contribution in [0, 0.1) is 11.6 Å². The maximum absolute atomic E-state index is 13.1. The molecule has 0 spiro atoms. The topological polar surface area (TPSA) is 44.4 Å². The quantitative estimate of drug-likeness (QED) is 0.895. The molecule has 1 saturated heterocycles. The van der Waals surface area contributed by atoms with Crippen molar-refractivity contribution in [2.45, 2.75) is 45.2 Å². The average molecular weight is 311 g/mol. The lowest BCUT2D eigenvalue weighted by atomic mass is 10.0. The molecule has 0 aliphatic carbocycles. The molecule has 1 fully saturated rings. The number of hydrogen-bond donors (Lipinski definition) is 2. The Morgan fingerprint density at radius 1 is 1.32 bits per heavy atom. The van der Waals surface area contributed by atoms with Gasteiger partial charge in [0.2, 0.25) is 0 Å². The molecule has 2 N–H and O–H groups in total. The monoisotopic (exact) mass is 311 g/mol. The summed E-state index contributed by atoms with van der Waals surface area (Å²) < 4.78 is 26.1. The van der Waals surface area contributed by atoms with Gasteiger partial charge in [0.1, 0.15) is 11.6 Å². The van der Waals surface area contributed by atoms with E-state index in [0.29, 0.717) is 12.6 Å². The minimum atomic E-state index is -0.717. The number of carbonyl (C=O) groups is 1. The lowest BCUT2D eigenvalue weighted by Gasteiger charge is -2.38. The molecule has 1 aliphatic rings. The molecular formula is C16H23F2N3O. The van der Waals surface area contributed by atoms with E-state index in [4.69, 9.17) is 0 Å². The Bertz CT molecular complexity index is 504. The van der Waals surface area contributed by atoms with Gasteiger partial charge in [-0.05, 0) is 45.4 Å². The molecule has 22 heavy (non-hydrogen) atoms. The van der Waals surface area contributed by atoms with Crippen LogP contribution in [0.5, 0.6) is 0 Å². The molecule has 0 radical (unpaired) electrons. The van der Waals surface area contributed by atoms with Crippen molar-refractivity contribution in [3.8, 4) is 0 Å². The second-order valence-electron chi connectivity index (χ2n) is 5.92. The van der Waals surface area contributed by atoms with Gasteiger partial charge in [0.05, 0.1) is 0 Å².